The summed E-state index contributed by atoms with van der Waals surface area (Å²) in [6.45, 7) is 3.51. The lowest BCUT2D eigenvalue weighted by atomic mass is 10.1. The lowest BCUT2D eigenvalue weighted by Gasteiger charge is -2.09. The summed E-state index contributed by atoms with van der Waals surface area (Å²) >= 11 is 0. The van der Waals surface area contributed by atoms with Crippen LogP contribution >= 0.6 is 0 Å². The molecule has 0 saturated carbocycles. The summed E-state index contributed by atoms with van der Waals surface area (Å²) in [4.78, 5) is 11.1. The van der Waals surface area contributed by atoms with Gasteiger partial charge in [0.1, 0.15) is 11.6 Å². The molecule has 0 fully saturated rings. The fraction of sp³-hybridized carbons (Fsp3) is 0. The van der Waals surface area contributed by atoms with Gasteiger partial charge in [-0.05, 0) is 29.8 Å². The van der Waals surface area contributed by atoms with Crippen molar-refractivity contribution in [3.8, 4) is 11.5 Å². The Morgan fingerprint density at radius 2 is 1.95 bits per heavy atom. The molecule has 0 heterocycles. The van der Waals surface area contributed by atoms with Crippen molar-refractivity contribution in [2.24, 2.45) is 0 Å². The molecular weight excluding hydrogens is 266 g/mol. The molecule has 0 aliphatic rings. The van der Waals surface area contributed by atoms with Gasteiger partial charge >= 0.3 is 5.97 Å². The zero-order valence-electron chi connectivity index (χ0n) is 10.3. The van der Waals surface area contributed by atoms with E-state index in [-0.39, 0.29) is 17.1 Å². The molecule has 0 radical (unpaired) electrons. The van der Waals surface area contributed by atoms with Crippen LogP contribution < -0.4 is 4.74 Å². The van der Waals surface area contributed by atoms with Crippen LogP contribution in [0.2, 0.25) is 0 Å². The minimum absolute atomic E-state index is 0.0139. The quantitative estimate of drug-likeness (QED) is 0.914. The van der Waals surface area contributed by atoms with E-state index in [9.17, 15) is 13.6 Å². The molecule has 0 aliphatic heterocycles. The van der Waals surface area contributed by atoms with Crippen molar-refractivity contribution in [3.63, 3.8) is 0 Å². The standard InChI is InChI=1S/C15H10F2O3/c1-2-9-3-5-11(8-12(9)15(18)19)20-14-6-4-10(16)7-13(14)17/h2-8H,1H2,(H,18,19). The Bertz CT molecular complexity index is 681. The monoisotopic (exact) mass is 276 g/mol. The molecule has 0 amide bonds. The second-order valence-corrected chi connectivity index (χ2v) is 3.94. The Hall–Kier alpha value is -2.69. The number of carboxylic acids is 1. The third-order valence-corrected chi connectivity index (χ3v) is 2.60. The van der Waals surface area contributed by atoms with E-state index < -0.39 is 17.6 Å². The summed E-state index contributed by atoms with van der Waals surface area (Å²) < 4.78 is 31.4. The van der Waals surface area contributed by atoms with E-state index in [2.05, 4.69) is 6.58 Å². The minimum Gasteiger partial charge on any atom is -0.478 e. The first-order valence-corrected chi connectivity index (χ1v) is 5.64. The van der Waals surface area contributed by atoms with Crippen LogP contribution in [0.4, 0.5) is 8.78 Å². The molecule has 0 bridgehead atoms. The van der Waals surface area contributed by atoms with Crippen LogP contribution in [0.25, 0.3) is 6.08 Å². The average Bonchev–Trinajstić information content (AvgIpc) is 2.41. The van der Waals surface area contributed by atoms with E-state index in [1.807, 2.05) is 0 Å². The van der Waals surface area contributed by atoms with Crippen molar-refractivity contribution in [1.82, 2.24) is 0 Å². The summed E-state index contributed by atoms with van der Waals surface area (Å²) in [5.74, 6) is -2.78. The van der Waals surface area contributed by atoms with Gasteiger partial charge in [-0.1, -0.05) is 18.7 Å². The molecule has 2 aromatic carbocycles. The molecule has 1 N–H and O–H groups in total. The van der Waals surface area contributed by atoms with Crippen LogP contribution in [0.5, 0.6) is 11.5 Å². The Morgan fingerprint density at radius 3 is 2.55 bits per heavy atom. The second-order valence-electron chi connectivity index (χ2n) is 3.94. The maximum absolute atomic E-state index is 13.4. The lowest BCUT2D eigenvalue weighted by molar-refractivity contribution is 0.0696. The summed E-state index contributed by atoms with van der Waals surface area (Å²) in [6.07, 6.45) is 1.39. The maximum atomic E-state index is 13.4. The number of ether oxygens (including phenoxy) is 1. The predicted octanol–water partition coefficient (Wildman–Crippen LogP) is 4.10. The average molecular weight is 276 g/mol. The zero-order chi connectivity index (χ0) is 14.7. The van der Waals surface area contributed by atoms with Gasteiger partial charge in [-0.2, -0.15) is 0 Å². The fourth-order valence-corrected chi connectivity index (χ4v) is 1.65. The topological polar surface area (TPSA) is 46.5 Å². The van der Waals surface area contributed by atoms with Crippen LogP contribution in [0.1, 0.15) is 15.9 Å². The number of carbonyl (C=O) groups is 1. The predicted molar refractivity (Wildman–Crippen MR) is 69.9 cm³/mol. The van der Waals surface area contributed by atoms with Gasteiger partial charge in [-0.15, -0.1) is 0 Å². The Kier molecular flexibility index (Phi) is 3.79. The molecule has 0 aromatic heterocycles. The number of benzene rings is 2. The number of aromatic carboxylic acids is 1. The summed E-state index contributed by atoms with van der Waals surface area (Å²) in [7, 11) is 0. The number of rotatable bonds is 4. The first-order chi connectivity index (χ1) is 9.51. The first-order valence-electron chi connectivity index (χ1n) is 5.64. The molecule has 102 valence electrons. The molecule has 0 unspecified atom stereocenters. The number of hydrogen-bond acceptors (Lipinski definition) is 2. The third kappa shape index (κ3) is 2.83. The Balaban J connectivity index is 2.36. The SMILES string of the molecule is C=Cc1ccc(Oc2ccc(F)cc2F)cc1C(=O)O. The van der Waals surface area contributed by atoms with Crippen LogP contribution in [0.15, 0.2) is 43.0 Å². The van der Waals surface area contributed by atoms with Gasteiger partial charge < -0.3 is 9.84 Å². The highest BCUT2D eigenvalue weighted by Crippen LogP contribution is 2.27. The Morgan fingerprint density at radius 1 is 1.20 bits per heavy atom. The summed E-state index contributed by atoms with van der Waals surface area (Å²) in [5.41, 5.74) is 0.407. The van der Waals surface area contributed by atoms with Crippen LogP contribution in [0, 0.1) is 11.6 Å². The largest absolute Gasteiger partial charge is 0.478 e. The molecule has 0 saturated heterocycles. The number of hydrogen-bond donors (Lipinski definition) is 1. The molecule has 2 rings (SSSR count). The van der Waals surface area contributed by atoms with Crippen LogP contribution in [0.3, 0.4) is 0 Å². The van der Waals surface area contributed by atoms with E-state index in [0.29, 0.717) is 11.6 Å². The lowest BCUT2D eigenvalue weighted by Crippen LogP contribution is -2.00. The van der Waals surface area contributed by atoms with E-state index in [0.717, 1.165) is 12.1 Å². The first kappa shape index (κ1) is 13.7. The Labute approximate surface area is 113 Å². The van der Waals surface area contributed by atoms with Crippen molar-refractivity contribution < 1.29 is 23.4 Å². The van der Waals surface area contributed by atoms with Crippen molar-refractivity contribution >= 4 is 12.0 Å². The molecule has 0 atom stereocenters. The molecule has 20 heavy (non-hydrogen) atoms. The van der Waals surface area contributed by atoms with Gasteiger partial charge in [-0.25, -0.2) is 13.6 Å². The highest BCUT2D eigenvalue weighted by atomic mass is 19.1. The van der Waals surface area contributed by atoms with Gasteiger partial charge in [0.25, 0.3) is 0 Å². The molecule has 5 heteroatoms. The normalized spacial score (nSPS) is 10.1. The van der Waals surface area contributed by atoms with Crippen molar-refractivity contribution in [2.75, 3.05) is 0 Å². The molecule has 0 spiro atoms. The van der Waals surface area contributed by atoms with Gasteiger partial charge in [0.15, 0.2) is 11.6 Å². The highest BCUT2D eigenvalue weighted by Gasteiger charge is 2.11. The second kappa shape index (κ2) is 5.52. The van der Waals surface area contributed by atoms with Crippen molar-refractivity contribution in [2.45, 2.75) is 0 Å². The highest BCUT2D eigenvalue weighted by molar-refractivity contribution is 5.92. The van der Waals surface area contributed by atoms with E-state index in [1.165, 1.54) is 24.3 Å². The zero-order valence-corrected chi connectivity index (χ0v) is 10.3. The smallest absolute Gasteiger partial charge is 0.336 e. The van der Waals surface area contributed by atoms with Gasteiger partial charge in [0, 0.05) is 6.07 Å². The fourth-order valence-electron chi connectivity index (χ4n) is 1.65. The molecular formula is C15H10F2O3. The van der Waals surface area contributed by atoms with Crippen LogP contribution in [-0.2, 0) is 0 Å². The van der Waals surface area contributed by atoms with Crippen LogP contribution in [-0.4, -0.2) is 11.1 Å². The maximum Gasteiger partial charge on any atom is 0.336 e. The van der Waals surface area contributed by atoms with Crippen molar-refractivity contribution in [3.05, 3.63) is 65.7 Å². The summed E-state index contributed by atoms with van der Waals surface area (Å²) in [6, 6.07) is 7.09. The minimum atomic E-state index is -1.15. The molecule has 2 aromatic rings. The van der Waals surface area contributed by atoms with E-state index in [1.54, 1.807) is 0 Å². The number of carboxylic acid groups (broad SMARTS) is 1. The molecule has 3 nitrogen and oxygen atoms in total. The summed E-state index contributed by atoms with van der Waals surface area (Å²) in [5, 5.41) is 9.05. The van der Waals surface area contributed by atoms with E-state index in [4.69, 9.17) is 9.84 Å². The number of halogens is 2. The third-order valence-electron chi connectivity index (χ3n) is 2.60. The van der Waals surface area contributed by atoms with E-state index >= 15 is 0 Å². The van der Waals surface area contributed by atoms with Gasteiger partial charge in [-0.3, -0.25) is 0 Å². The molecule has 0 aliphatic carbocycles. The van der Waals surface area contributed by atoms with Gasteiger partial charge in [0.05, 0.1) is 5.56 Å². The van der Waals surface area contributed by atoms with Crippen molar-refractivity contribution in [1.29, 1.82) is 0 Å². The van der Waals surface area contributed by atoms with Gasteiger partial charge in [0.2, 0.25) is 0 Å².